The Hall–Kier alpha value is -4.21. The van der Waals surface area contributed by atoms with Gasteiger partial charge in [0.25, 0.3) is 5.91 Å². The van der Waals surface area contributed by atoms with E-state index in [4.69, 9.17) is 33.0 Å². The van der Waals surface area contributed by atoms with Crippen molar-refractivity contribution in [1.29, 1.82) is 0 Å². The molecule has 1 amide bonds. The SMILES string of the molecule is COc1ccc(-n2nc3ccc(NC(=S)NC(=O)c4ccc(-c5ccc(C)c(C)c5)o4)cc3n2)cc1Cl. The number of methoxy groups -OCH3 is 1. The van der Waals surface area contributed by atoms with Crippen LogP contribution in [0.5, 0.6) is 5.75 Å². The highest BCUT2D eigenvalue weighted by Crippen LogP contribution is 2.27. The first-order valence-electron chi connectivity index (χ1n) is 11.3. The van der Waals surface area contributed by atoms with Crippen molar-refractivity contribution in [3.8, 4) is 22.8 Å². The smallest absolute Gasteiger partial charge is 0.293 e. The minimum Gasteiger partial charge on any atom is -0.495 e. The second kappa shape index (κ2) is 10.0. The first-order chi connectivity index (χ1) is 17.8. The average molecular weight is 532 g/mol. The number of nitrogens with zero attached hydrogens (tertiary/aromatic N) is 3. The van der Waals surface area contributed by atoms with Crippen molar-refractivity contribution in [3.05, 3.63) is 88.6 Å². The largest absolute Gasteiger partial charge is 0.495 e. The van der Waals surface area contributed by atoms with Crippen LogP contribution in [0.4, 0.5) is 5.69 Å². The van der Waals surface area contributed by atoms with Crippen molar-refractivity contribution in [3.63, 3.8) is 0 Å². The molecule has 10 heteroatoms. The zero-order valence-electron chi connectivity index (χ0n) is 20.2. The van der Waals surface area contributed by atoms with Crippen LogP contribution in [0.2, 0.25) is 5.02 Å². The lowest BCUT2D eigenvalue weighted by atomic mass is 10.1. The minimum absolute atomic E-state index is 0.128. The first-order valence-corrected chi connectivity index (χ1v) is 12.1. The number of aromatic nitrogens is 3. The van der Waals surface area contributed by atoms with E-state index in [0.29, 0.717) is 38.9 Å². The Kier molecular flexibility index (Phi) is 6.64. The van der Waals surface area contributed by atoms with E-state index in [0.717, 1.165) is 11.1 Å². The second-order valence-corrected chi connectivity index (χ2v) is 9.20. The summed E-state index contributed by atoms with van der Waals surface area (Å²) in [6.45, 7) is 4.08. The number of anilines is 1. The molecule has 0 aliphatic heterocycles. The van der Waals surface area contributed by atoms with Crippen molar-refractivity contribution < 1.29 is 13.9 Å². The van der Waals surface area contributed by atoms with E-state index in [1.165, 1.54) is 10.4 Å². The summed E-state index contributed by atoms with van der Waals surface area (Å²) < 4.78 is 11.0. The van der Waals surface area contributed by atoms with Gasteiger partial charge in [-0.2, -0.15) is 4.80 Å². The number of furan rings is 1. The molecule has 0 bridgehead atoms. The molecule has 0 aliphatic rings. The van der Waals surface area contributed by atoms with Crippen molar-refractivity contribution in [2.45, 2.75) is 13.8 Å². The predicted molar refractivity (Wildman–Crippen MR) is 148 cm³/mol. The standard InChI is InChI=1S/C27H22ClN5O3S/c1-15-4-5-17(12-16(15)2)23-10-11-25(36-23)26(34)30-27(37)29-18-6-8-21-22(13-18)32-33(31-21)19-7-9-24(35-3)20(28)14-19/h4-14H,1-3H3,(H2,29,30,34,37). The molecule has 5 aromatic rings. The summed E-state index contributed by atoms with van der Waals surface area (Å²) in [5.41, 5.74) is 5.90. The van der Waals surface area contributed by atoms with E-state index < -0.39 is 5.91 Å². The summed E-state index contributed by atoms with van der Waals surface area (Å²) >= 11 is 11.6. The van der Waals surface area contributed by atoms with E-state index in [2.05, 4.69) is 20.8 Å². The maximum atomic E-state index is 12.7. The Morgan fingerprint density at radius 2 is 1.78 bits per heavy atom. The lowest BCUT2D eigenvalue weighted by Crippen LogP contribution is -2.33. The summed E-state index contributed by atoms with van der Waals surface area (Å²) in [6, 6.07) is 20.1. The van der Waals surface area contributed by atoms with Crippen LogP contribution in [-0.2, 0) is 0 Å². The second-order valence-electron chi connectivity index (χ2n) is 8.38. The summed E-state index contributed by atoms with van der Waals surface area (Å²) in [5.74, 6) is 0.893. The summed E-state index contributed by atoms with van der Waals surface area (Å²) in [7, 11) is 1.56. The van der Waals surface area contributed by atoms with Gasteiger partial charge in [0.1, 0.15) is 22.5 Å². The van der Waals surface area contributed by atoms with Crippen LogP contribution >= 0.6 is 23.8 Å². The molecule has 5 rings (SSSR count). The van der Waals surface area contributed by atoms with Crippen LogP contribution in [0, 0.1) is 13.8 Å². The van der Waals surface area contributed by atoms with Gasteiger partial charge in [-0.15, -0.1) is 10.2 Å². The molecule has 0 radical (unpaired) electrons. The molecule has 2 aromatic heterocycles. The molecule has 0 unspecified atom stereocenters. The van der Waals surface area contributed by atoms with Crippen LogP contribution in [-0.4, -0.2) is 33.1 Å². The van der Waals surface area contributed by atoms with Gasteiger partial charge in [0.05, 0.1) is 17.8 Å². The molecule has 37 heavy (non-hydrogen) atoms. The molecule has 0 fully saturated rings. The molecule has 2 heterocycles. The Bertz CT molecular complexity index is 1660. The van der Waals surface area contributed by atoms with Crippen molar-refractivity contribution >= 4 is 51.6 Å². The van der Waals surface area contributed by atoms with E-state index in [9.17, 15) is 4.79 Å². The van der Waals surface area contributed by atoms with Crippen LogP contribution in [0.15, 0.2) is 71.1 Å². The van der Waals surface area contributed by atoms with Gasteiger partial charge in [0.15, 0.2) is 10.9 Å². The van der Waals surface area contributed by atoms with E-state index in [1.807, 2.05) is 38.1 Å². The number of fused-ring (bicyclic) bond motifs is 1. The fourth-order valence-corrected chi connectivity index (χ4v) is 4.19. The molecule has 0 saturated carbocycles. The fraction of sp³-hybridized carbons (Fsp3) is 0.111. The van der Waals surface area contributed by atoms with Crippen LogP contribution in [0.1, 0.15) is 21.7 Å². The van der Waals surface area contributed by atoms with Gasteiger partial charge < -0.3 is 14.5 Å². The van der Waals surface area contributed by atoms with Gasteiger partial charge in [0, 0.05) is 11.3 Å². The topological polar surface area (TPSA) is 94.2 Å². The van der Waals surface area contributed by atoms with Gasteiger partial charge in [-0.25, -0.2) is 0 Å². The number of thiocarbonyl (C=S) groups is 1. The number of halogens is 1. The Morgan fingerprint density at radius 1 is 0.973 bits per heavy atom. The average Bonchev–Trinajstić information content (AvgIpc) is 3.53. The number of ether oxygens (including phenoxy) is 1. The summed E-state index contributed by atoms with van der Waals surface area (Å²) in [6.07, 6.45) is 0. The van der Waals surface area contributed by atoms with E-state index >= 15 is 0 Å². The molecular weight excluding hydrogens is 510 g/mol. The Labute approximate surface area is 223 Å². The maximum Gasteiger partial charge on any atom is 0.293 e. The normalized spacial score (nSPS) is 10.9. The lowest BCUT2D eigenvalue weighted by molar-refractivity contribution is 0.0951. The zero-order valence-corrected chi connectivity index (χ0v) is 21.8. The molecule has 186 valence electrons. The zero-order chi connectivity index (χ0) is 26.1. The number of hydrogen-bond donors (Lipinski definition) is 2. The Balaban J connectivity index is 1.26. The molecule has 0 saturated heterocycles. The number of carbonyl (C=O) groups excluding carboxylic acids is 1. The third-order valence-corrected chi connectivity index (χ3v) is 6.35. The quantitative estimate of drug-likeness (QED) is 0.265. The van der Waals surface area contributed by atoms with Crippen molar-refractivity contribution in [2.24, 2.45) is 0 Å². The molecular formula is C27H22ClN5O3S. The number of benzene rings is 3. The number of aryl methyl sites for hydroxylation is 2. The number of carbonyl (C=O) groups is 1. The fourth-order valence-electron chi connectivity index (χ4n) is 3.72. The number of hydrogen-bond acceptors (Lipinski definition) is 6. The van der Waals surface area contributed by atoms with Gasteiger partial charge in [0.2, 0.25) is 0 Å². The van der Waals surface area contributed by atoms with Crippen LogP contribution in [0.25, 0.3) is 28.0 Å². The highest BCUT2D eigenvalue weighted by atomic mass is 35.5. The highest BCUT2D eigenvalue weighted by Gasteiger charge is 2.15. The first kappa shape index (κ1) is 24.5. The number of rotatable bonds is 5. The lowest BCUT2D eigenvalue weighted by Gasteiger charge is -2.08. The van der Waals surface area contributed by atoms with Gasteiger partial charge in [-0.1, -0.05) is 23.7 Å². The van der Waals surface area contributed by atoms with Crippen LogP contribution in [0.3, 0.4) is 0 Å². The summed E-state index contributed by atoms with van der Waals surface area (Å²) in [4.78, 5) is 14.2. The molecule has 0 aliphatic carbocycles. The molecule has 0 spiro atoms. The Morgan fingerprint density at radius 3 is 2.54 bits per heavy atom. The molecule has 3 aromatic carbocycles. The molecule has 8 nitrogen and oxygen atoms in total. The monoisotopic (exact) mass is 531 g/mol. The van der Waals surface area contributed by atoms with Gasteiger partial charge in [-0.05, 0) is 91.8 Å². The summed E-state index contributed by atoms with van der Waals surface area (Å²) in [5, 5.41) is 15.2. The maximum absolute atomic E-state index is 12.7. The van der Waals surface area contributed by atoms with Crippen molar-refractivity contribution in [1.82, 2.24) is 20.3 Å². The number of amides is 1. The molecule has 0 atom stereocenters. The van der Waals surface area contributed by atoms with E-state index in [1.54, 1.807) is 49.6 Å². The van der Waals surface area contributed by atoms with Crippen LogP contribution < -0.4 is 15.4 Å². The number of nitrogens with one attached hydrogen (secondary N) is 2. The minimum atomic E-state index is -0.448. The third-order valence-electron chi connectivity index (χ3n) is 5.85. The van der Waals surface area contributed by atoms with Gasteiger partial charge >= 0.3 is 0 Å². The highest BCUT2D eigenvalue weighted by molar-refractivity contribution is 7.80. The van der Waals surface area contributed by atoms with Crippen molar-refractivity contribution in [2.75, 3.05) is 12.4 Å². The van der Waals surface area contributed by atoms with E-state index in [-0.39, 0.29) is 10.9 Å². The molecule has 2 N–H and O–H groups in total. The third kappa shape index (κ3) is 5.18. The van der Waals surface area contributed by atoms with Gasteiger partial charge in [-0.3, -0.25) is 10.1 Å². The predicted octanol–water partition coefficient (Wildman–Crippen LogP) is 6.09.